The van der Waals surface area contributed by atoms with E-state index in [-0.39, 0.29) is 5.91 Å². The molecule has 0 aliphatic rings. The molecular weight excluding hydrogens is 288 g/mol. The third-order valence-corrected chi connectivity index (χ3v) is 4.03. The summed E-state index contributed by atoms with van der Waals surface area (Å²) in [6.45, 7) is 3.61. The van der Waals surface area contributed by atoms with Crippen molar-refractivity contribution in [3.8, 4) is 0 Å². The van der Waals surface area contributed by atoms with Gasteiger partial charge >= 0.3 is 5.97 Å². The molecule has 0 fully saturated rings. The number of carbonyl (C=O) groups is 2. The first-order valence-electron chi connectivity index (χ1n) is 6.40. The van der Waals surface area contributed by atoms with Crippen LogP contribution in [0.4, 0.5) is 0 Å². The van der Waals surface area contributed by atoms with Crippen LogP contribution >= 0.6 is 11.3 Å². The third-order valence-electron chi connectivity index (χ3n) is 2.95. The second-order valence-electron chi connectivity index (χ2n) is 4.49. The third kappa shape index (κ3) is 3.46. The van der Waals surface area contributed by atoms with E-state index in [1.54, 1.807) is 31.2 Å². The number of rotatable bonds is 4. The molecule has 1 heterocycles. The van der Waals surface area contributed by atoms with Crippen molar-refractivity contribution in [2.45, 2.75) is 19.9 Å². The molecule has 0 radical (unpaired) electrons. The van der Waals surface area contributed by atoms with Crippen molar-refractivity contribution in [2.24, 2.45) is 0 Å². The van der Waals surface area contributed by atoms with Gasteiger partial charge in [-0.05, 0) is 19.4 Å². The quantitative estimate of drug-likeness (QED) is 0.881. The number of ether oxygens (including phenoxy) is 1. The molecular formula is C15H16N2O3S. The lowest BCUT2D eigenvalue weighted by molar-refractivity contribution is -0.143. The lowest BCUT2D eigenvalue weighted by Crippen LogP contribution is -2.34. The highest BCUT2D eigenvalue weighted by Crippen LogP contribution is 2.20. The number of hydrogen-bond acceptors (Lipinski definition) is 5. The van der Waals surface area contributed by atoms with Gasteiger partial charge in [0.15, 0.2) is 6.04 Å². The van der Waals surface area contributed by atoms with Crippen molar-refractivity contribution >= 4 is 23.2 Å². The molecule has 1 atom stereocenters. The van der Waals surface area contributed by atoms with Gasteiger partial charge in [-0.2, -0.15) is 0 Å². The number of esters is 1. The van der Waals surface area contributed by atoms with Gasteiger partial charge in [0.25, 0.3) is 5.91 Å². The van der Waals surface area contributed by atoms with E-state index >= 15 is 0 Å². The van der Waals surface area contributed by atoms with Crippen LogP contribution in [0.25, 0.3) is 0 Å². The van der Waals surface area contributed by atoms with Crippen LogP contribution in [0, 0.1) is 13.8 Å². The van der Waals surface area contributed by atoms with Gasteiger partial charge in [-0.3, -0.25) is 4.79 Å². The van der Waals surface area contributed by atoms with Crippen LogP contribution in [0.2, 0.25) is 0 Å². The molecule has 1 aromatic carbocycles. The fourth-order valence-corrected chi connectivity index (χ4v) is 2.80. The van der Waals surface area contributed by atoms with Gasteiger partial charge in [0.1, 0.15) is 4.88 Å². The SMILES string of the molecule is COC(=O)C(NC(=O)c1sc(C)nc1C)c1ccccc1. The van der Waals surface area contributed by atoms with Gasteiger partial charge in [-0.15, -0.1) is 11.3 Å². The van der Waals surface area contributed by atoms with Gasteiger partial charge < -0.3 is 10.1 Å². The Hall–Kier alpha value is -2.21. The van der Waals surface area contributed by atoms with Crippen LogP contribution in [0.5, 0.6) is 0 Å². The molecule has 2 aromatic rings. The van der Waals surface area contributed by atoms with Crippen LogP contribution in [0.15, 0.2) is 30.3 Å². The Bertz CT molecular complexity index is 652. The van der Waals surface area contributed by atoms with E-state index in [0.29, 0.717) is 16.1 Å². The fraction of sp³-hybridized carbons (Fsp3) is 0.267. The zero-order valence-electron chi connectivity index (χ0n) is 12.0. The van der Waals surface area contributed by atoms with Crippen LogP contribution in [0.3, 0.4) is 0 Å². The highest BCUT2D eigenvalue weighted by Gasteiger charge is 2.25. The molecule has 2 rings (SSSR count). The van der Waals surface area contributed by atoms with Crippen molar-refractivity contribution in [2.75, 3.05) is 7.11 Å². The molecule has 1 unspecified atom stereocenters. The minimum Gasteiger partial charge on any atom is -0.467 e. The summed E-state index contributed by atoms with van der Waals surface area (Å²) in [6.07, 6.45) is 0. The van der Waals surface area contributed by atoms with E-state index in [4.69, 9.17) is 4.74 Å². The van der Waals surface area contributed by atoms with Crippen LogP contribution < -0.4 is 5.32 Å². The minimum absolute atomic E-state index is 0.322. The molecule has 0 saturated heterocycles. The Morgan fingerprint density at radius 1 is 1.24 bits per heavy atom. The Labute approximate surface area is 127 Å². The Kier molecular flexibility index (Phi) is 4.70. The highest BCUT2D eigenvalue weighted by molar-refractivity contribution is 7.13. The fourth-order valence-electron chi connectivity index (χ4n) is 1.98. The van der Waals surface area contributed by atoms with Gasteiger partial charge in [0, 0.05) is 0 Å². The first-order chi connectivity index (χ1) is 10.0. The largest absolute Gasteiger partial charge is 0.467 e. The maximum absolute atomic E-state index is 12.3. The predicted octanol–water partition coefficient (Wildman–Crippen LogP) is 2.40. The normalized spacial score (nSPS) is 11.8. The van der Waals surface area contributed by atoms with Gasteiger partial charge in [0.2, 0.25) is 0 Å². The minimum atomic E-state index is -0.828. The number of carbonyl (C=O) groups excluding carboxylic acids is 2. The maximum atomic E-state index is 12.3. The van der Waals surface area contributed by atoms with Gasteiger partial charge in [-0.25, -0.2) is 9.78 Å². The van der Waals surface area contributed by atoms with Gasteiger partial charge in [0.05, 0.1) is 17.8 Å². The molecule has 1 N–H and O–H groups in total. The number of amides is 1. The molecule has 0 bridgehead atoms. The summed E-state index contributed by atoms with van der Waals surface area (Å²) >= 11 is 1.30. The van der Waals surface area contributed by atoms with Crippen molar-refractivity contribution < 1.29 is 14.3 Å². The molecule has 0 aliphatic carbocycles. The molecule has 5 nitrogen and oxygen atoms in total. The second kappa shape index (κ2) is 6.49. The smallest absolute Gasteiger partial charge is 0.333 e. The Balaban J connectivity index is 2.25. The number of benzene rings is 1. The van der Waals surface area contributed by atoms with Crippen molar-refractivity contribution in [3.05, 3.63) is 51.5 Å². The standard InChI is InChI=1S/C15H16N2O3S/c1-9-13(21-10(2)16-9)14(18)17-12(15(19)20-3)11-7-5-4-6-8-11/h4-8,12H,1-3H3,(H,17,18). The number of nitrogens with one attached hydrogen (secondary N) is 1. The Morgan fingerprint density at radius 2 is 1.90 bits per heavy atom. The van der Waals surface area contributed by atoms with E-state index < -0.39 is 12.0 Å². The molecule has 0 aliphatic heterocycles. The number of aryl methyl sites for hydroxylation is 2. The number of methoxy groups -OCH3 is 1. The van der Waals surface area contributed by atoms with Crippen LogP contribution in [0.1, 0.15) is 32.0 Å². The maximum Gasteiger partial charge on any atom is 0.333 e. The second-order valence-corrected chi connectivity index (χ2v) is 5.69. The molecule has 0 saturated carbocycles. The first kappa shape index (κ1) is 15.2. The summed E-state index contributed by atoms with van der Waals surface area (Å²) in [5, 5.41) is 3.52. The molecule has 6 heteroatoms. The number of aromatic nitrogens is 1. The lowest BCUT2D eigenvalue weighted by atomic mass is 10.1. The number of nitrogens with zero attached hydrogens (tertiary/aromatic N) is 1. The molecule has 1 amide bonds. The molecule has 1 aromatic heterocycles. The van der Waals surface area contributed by atoms with E-state index in [0.717, 1.165) is 5.01 Å². The average Bonchev–Trinajstić information content (AvgIpc) is 2.83. The summed E-state index contributed by atoms with van der Waals surface area (Å²) < 4.78 is 4.77. The summed E-state index contributed by atoms with van der Waals surface area (Å²) in [5.74, 6) is -0.828. The summed E-state index contributed by atoms with van der Waals surface area (Å²) in [7, 11) is 1.30. The summed E-state index contributed by atoms with van der Waals surface area (Å²) in [6, 6.07) is 8.17. The van der Waals surface area contributed by atoms with Crippen molar-refractivity contribution in [1.82, 2.24) is 10.3 Å². The molecule has 0 spiro atoms. The van der Waals surface area contributed by atoms with E-state index in [1.807, 2.05) is 13.0 Å². The molecule has 21 heavy (non-hydrogen) atoms. The van der Waals surface area contributed by atoms with Crippen LogP contribution in [-0.4, -0.2) is 24.0 Å². The highest BCUT2D eigenvalue weighted by atomic mass is 32.1. The van der Waals surface area contributed by atoms with E-state index in [9.17, 15) is 9.59 Å². The number of thiazole rings is 1. The van der Waals surface area contributed by atoms with E-state index in [1.165, 1.54) is 18.4 Å². The van der Waals surface area contributed by atoms with E-state index in [2.05, 4.69) is 10.3 Å². The summed E-state index contributed by atoms with van der Waals surface area (Å²) in [5.41, 5.74) is 1.34. The molecule has 110 valence electrons. The summed E-state index contributed by atoms with van der Waals surface area (Å²) in [4.78, 5) is 29.0. The average molecular weight is 304 g/mol. The van der Waals surface area contributed by atoms with Gasteiger partial charge in [-0.1, -0.05) is 30.3 Å². The first-order valence-corrected chi connectivity index (χ1v) is 7.22. The zero-order chi connectivity index (χ0) is 15.4. The van der Waals surface area contributed by atoms with Crippen LogP contribution in [-0.2, 0) is 9.53 Å². The topological polar surface area (TPSA) is 68.3 Å². The van der Waals surface area contributed by atoms with Crippen molar-refractivity contribution in [1.29, 1.82) is 0 Å². The van der Waals surface area contributed by atoms with Crippen molar-refractivity contribution in [3.63, 3.8) is 0 Å². The number of hydrogen-bond donors (Lipinski definition) is 1. The Morgan fingerprint density at radius 3 is 2.43 bits per heavy atom. The predicted molar refractivity (Wildman–Crippen MR) is 80.3 cm³/mol. The zero-order valence-corrected chi connectivity index (χ0v) is 12.9. The monoisotopic (exact) mass is 304 g/mol. The lowest BCUT2D eigenvalue weighted by Gasteiger charge is -2.16.